The molecule has 4 heterocycles. The minimum absolute atomic E-state index is 0.0808. The number of thiophene rings is 1. The molecule has 0 unspecified atom stereocenters. The fourth-order valence-corrected chi connectivity index (χ4v) is 7.37. The molecule has 1 saturated carbocycles. The van der Waals surface area contributed by atoms with Gasteiger partial charge in [0, 0.05) is 17.7 Å². The highest BCUT2D eigenvalue weighted by Crippen LogP contribution is 2.36. The number of aliphatic hydroxyl groups is 1. The van der Waals surface area contributed by atoms with Gasteiger partial charge in [-0.3, -0.25) is 14.2 Å². The molecular weight excluding hydrogens is 603 g/mol. The van der Waals surface area contributed by atoms with E-state index >= 15 is 0 Å². The molecule has 0 spiro atoms. The fourth-order valence-electron chi connectivity index (χ4n) is 6.15. The Morgan fingerprint density at radius 2 is 1.89 bits per heavy atom. The van der Waals surface area contributed by atoms with E-state index in [4.69, 9.17) is 9.47 Å². The minimum Gasteiger partial charge on any atom is -0.493 e. The second kappa shape index (κ2) is 13.2. The first-order chi connectivity index (χ1) is 21.8. The summed E-state index contributed by atoms with van der Waals surface area (Å²) in [5.41, 5.74) is -0.206. The number of unbranched alkanes of at least 4 members (excludes halogenated alkanes) is 1. The third-order valence-electron chi connectivity index (χ3n) is 8.57. The van der Waals surface area contributed by atoms with Crippen LogP contribution in [0.15, 0.2) is 40.2 Å². The summed E-state index contributed by atoms with van der Waals surface area (Å²) >= 11 is 1.19. The molecule has 1 aliphatic heterocycles. The smallest absolute Gasteiger partial charge is 0.332 e. The summed E-state index contributed by atoms with van der Waals surface area (Å²) in [6.45, 7) is 4.50. The number of aromatic nitrogens is 5. The van der Waals surface area contributed by atoms with Crippen molar-refractivity contribution in [2.75, 3.05) is 13.2 Å². The van der Waals surface area contributed by atoms with Crippen molar-refractivity contribution in [3.8, 4) is 10.8 Å². The van der Waals surface area contributed by atoms with Crippen LogP contribution < -0.4 is 21.3 Å². The molecule has 0 bridgehead atoms. The monoisotopic (exact) mass is 640 g/mol. The number of ether oxygens (including phenoxy) is 2. The molecule has 45 heavy (non-hydrogen) atoms. The molecule has 12 nitrogen and oxygen atoms in total. The van der Waals surface area contributed by atoms with Gasteiger partial charge in [0.15, 0.2) is 0 Å². The number of rotatable bonds is 11. The Balaban J connectivity index is 1.53. The first-order valence-electron chi connectivity index (χ1n) is 15.4. The van der Waals surface area contributed by atoms with Crippen molar-refractivity contribution < 1.29 is 23.8 Å². The van der Waals surface area contributed by atoms with Crippen molar-refractivity contribution in [2.24, 2.45) is 0 Å². The van der Waals surface area contributed by atoms with Crippen molar-refractivity contribution >= 4 is 27.5 Å². The summed E-state index contributed by atoms with van der Waals surface area (Å²) in [5.74, 6) is -0.431. The summed E-state index contributed by atoms with van der Waals surface area (Å²) in [6.07, 6.45) is 5.86. The second-order valence-corrected chi connectivity index (χ2v) is 12.6. The number of hydrogen-bond acceptors (Lipinski definition) is 9. The second-order valence-electron chi connectivity index (χ2n) is 11.6. The van der Waals surface area contributed by atoms with Gasteiger partial charge in [0.1, 0.15) is 33.5 Å². The maximum Gasteiger partial charge on any atom is 0.332 e. The van der Waals surface area contributed by atoms with Gasteiger partial charge in [0.05, 0.1) is 43.1 Å². The van der Waals surface area contributed by atoms with Crippen molar-refractivity contribution in [3.63, 3.8) is 0 Å². The molecule has 1 aromatic carbocycles. The summed E-state index contributed by atoms with van der Waals surface area (Å²) in [6, 6.07) is 3.30. The SMILES string of the molecule is CCCCOc1ccc(F)cc1[C@H](Cn1c(=O)n([C@H]2CCNC2=O)c(=O)c2c(C)c(-n3nccn3)sc21)OC1CCC(O)CC1. The molecule has 0 radical (unpaired) electrons. The number of amides is 1. The van der Waals surface area contributed by atoms with Gasteiger partial charge in [-0.1, -0.05) is 24.7 Å². The molecule has 1 saturated heterocycles. The fraction of sp³-hybridized carbons (Fsp3) is 0.516. The zero-order valence-corrected chi connectivity index (χ0v) is 26.1. The van der Waals surface area contributed by atoms with Crippen LogP contribution in [0.25, 0.3) is 15.2 Å². The first kappa shape index (κ1) is 31.1. The Bertz CT molecular complexity index is 1790. The van der Waals surface area contributed by atoms with Crippen molar-refractivity contribution in [2.45, 2.75) is 89.7 Å². The summed E-state index contributed by atoms with van der Waals surface area (Å²) in [5, 5.41) is 22.1. The highest BCUT2D eigenvalue weighted by Gasteiger charge is 2.34. The number of carbonyl (C=O) groups excluding carboxylic acids is 1. The molecule has 240 valence electrons. The molecule has 2 fully saturated rings. The number of halogens is 1. The maximum atomic E-state index is 14.9. The molecule has 3 aromatic heterocycles. The lowest BCUT2D eigenvalue weighted by molar-refractivity contribution is -0.122. The van der Waals surface area contributed by atoms with Gasteiger partial charge in [-0.25, -0.2) is 13.8 Å². The highest BCUT2D eigenvalue weighted by molar-refractivity contribution is 7.21. The van der Waals surface area contributed by atoms with Gasteiger partial charge in [0.2, 0.25) is 5.91 Å². The third-order valence-corrected chi connectivity index (χ3v) is 9.85. The summed E-state index contributed by atoms with van der Waals surface area (Å²) in [7, 11) is 0. The van der Waals surface area contributed by atoms with Gasteiger partial charge in [-0.05, 0) is 63.6 Å². The van der Waals surface area contributed by atoms with E-state index < -0.39 is 41.2 Å². The molecule has 1 amide bonds. The van der Waals surface area contributed by atoms with E-state index in [1.165, 1.54) is 45.2 Å². The topological polar surface area (TPSA) is 142 Å². The van der Waals surface area contributed by atoms with E-state index in [1.54, 1.807) is 13.0 Å². The van der Waals surface area contributed by atoms with E-state index in [2.05, 4.69) is 15.5 Å². The Morgan fingerprint density at radius 1 is 1.13 bits per heavy atom. The minimum atomic E-state index is -0.965. The number of nitrogens with zero attached hydrogens (tertiary/aromatic N) is 5. The Kier molecular flexibility index (Phi) is 9.15. The van der Waals surface area contributed by atoms with Crippen LogP contribution in [0.3, 0.4) is 0 Å². The lowest BCUT2D eigenvalue weighted by Crippen LogP contribution is -2.44. The maximum absolute atomic E-state index is 14.9. The number of aliphatic hydroxyl groups excluding tert-OH is 1. The van der Waals surface area contributed by atoms with E-state index in [0.29, 0.717) is 72.0 Å². The number of carbonyl (C=O) groups is 1. The first-order valence-corrected chi connectivity index (χ1v) is 16.3. The molecule has 6 rings (SSSR count). The van der Waals surface area contributed by atoms with Gasteiger partial charge < -0.3 is 19.9 Å². The Morgan fingerprint density at radius 3 is 2.58 bits per heavy atom. The normalized spacial score (nSPS) is 20.9. The molecular formula is C31H37FN6O6S. The van der Waals surface area contributed by atoms with Gasteiger partial charge in [-0.15, -0.1) is 4.80 Å². The zero-order chi connectivity index (χ0) is 31.7. The average molecular weight is 641 g/mol. The highest BCUT2D eigenvalue weighted by atomic mass is 32.1. The van der Waals surface area contributed by atoms with Gasteiger partial charge in [-0.2, -0.15) is 10.2 Å². The summed E-state index contributed by atoms with van der Waals surface area (Å²) in [4.78, 5) is 42.9. The van der Waals surface area contributed by atoms with E-state index in [-0.39, 0.29) is 18.0 Å². The molecule has 14 heteroatoms. The van der Waals surface area contributed by atoms with Crippen LogP contribution in [0.1, 0.15) is 75.1 Å². The van der Waals surface area contributed by atoms with Crippen molar-refractivity contribution in [3.05, 3.63) is 68.4 Å². The van der Waals surface area contributed by atoms with Crippen molar-refractivity contribution in [1.82, 2.24) is 29.4 Å². The van der Waals surface area contributed by atoms with Gasteiger partial charge in [0.25, 0.3) is 5.56 Å². The van der Waals surface area contributed by atoms with E-state index in [9.17, 15) is 23.9 Å². The van der Waals surface area contributed by atoms with E-state index in [0.717, 1.165) is 17.4 Å². The van der Waals surface area contributed by atoms with Crippen LogP contribution in [-0.2, 0) is 16.1 Å². The predicted octanol–water partition coefficient (Wildman–Crippen LogP) is 3.55. The van der Waals surface area contributed by atoms with Crippen LogP contribution in [0.4, 0.5) is 4.39 Å². The quantitative estimate of drug-likeness (QED) is 0.237. The van der Waals surface area contributed by atoms with Crippen LogP contribution in [0.2, 0.25) is 0 Å². The molecule has 2 atom stereocenters. The number of aryl methyl sites for hydroxylation is 1. The molecule has 1 aliphatic carbocycles. The number of fused-ring (bicyclic) bond motifs is 1. The Hall–Kier alpha value is -3.88. The van der Waals surface area contributed by atoms with Gasteiger partial charge >= 0.3 is 5.69 Å². The molecule has 2 aliphatic rings. The van der Waals surface area contributed by atoms with Crippen molar-refractivity contribution in [1.29, 1.82) is 0 Å². The molecule has 4 aromatic rings. The standard InChI is InChI=1S/C31H37FN6O6S/c1-3-4-15-43-24-10-5-19(32)16-22(24)25(44-21-8-6-20(39)7-9-21)17-36-30-26(18(2)29(45-30)38-34-13-14-35-38)28(41)37(31(36)42)23-11-12-33-27(23)40/h5,10,13-14,16,20-21,23,25,39H,3-4,6-9,11-12,15,17H2,1-2H3,(H,33,40)/t20?,21?,23-,25-/m0/s1. The molecule has 2 N–H and O–H groups in total. The Labute approximate surface area is 262 Å². The number of benzene rings is 1. The number of nitrogens with one attached hydrogen (secondary N) is 1. The third kappa shape index (κ3) is 6.18. The summed E-state index contributed by atoms with van der Waals surface area (Å²) < 4.78 is 30.1. The zero-order valence-electron chi connectivity index (χ0n) is 25.3. The van der Waals surface area contributed by atoms with Crippen LogP contribution in [-0.4, -0.2) is 60.5 Å². The lowest BCUT2D eigenvalue weighted by atomic mass is 9.94. The van der Waals surface area contributed by atoms with Crippen LogP contribution in [0, 0.1) is 12.7 Å². The van der Waals surface area contributed by atoms with E-state index in [1.807, 2.05) is 6.92 Å². The van der Waals surface area contributed by atoms with Crippen LogP contribution in [0.5, 0.6) is 5.75 Å². The predicted molar refractivity (Wildman–Crippen MR) is 166 cm³/mol. The largest absolute Gasteiger partial charge is 0.493 e. The number of hydrogen-bond donors (Lipinski definition) is 2. The lowest BCUT2D eigenvalue weighted by Gasteiger charge is -2.31. The average Bonchev–Trinajstić information content (AvgIpc) is 3.78. The van der Waals surface area contributed by atoms with Crippen LogP contribution >= 0.6 is 11.3 Å².